The molecule has 94 valence electrons. The van der Waals surface area contributed by atoms with Crippen LogP contribution in [0.25, 0.3) is 0 Å². The van der Waals surface area contributed by atoms with Crippen LogP contribution < -0.4 is 9.64 Å². The van der Waals surface area contributed by atoms with Crippen LogP contribution in [0, 0.1) is 5.92 Å². The lowest BCUT2D eigenvalue weighted by atomic mass is 9.98. The van der Waals surface area contributed by atoms with Gasteiger partial charge >= 0.3 is 0 Å². The molecular formula is C13H18ClNO2. The van der Waals surface area contributed by atoms with Crippen LogP contribution in [0.2, 0.25) is 0 Å². The van der Waals surface area contributed by atoms with Crippen molar-refractivity contribution in [2.45, 2.75) is 12.8 Å². The summed E-state index contributed by atoms with van der Waals surface area (Å²) in [7, 11) is 1.67. The number of halogens is 1. The molecule has 0 N–H and O–H groups in total. The molecule has 1 aliphatic heterocycles. The summed E-state index contributed by atoms with van der Waals surface area (Å²) in [6.45, 7) is 1.94. The summed E-state index contributed by atoms with van der Waals surface area (Å²) >= 11 is 0. The van der Waals surface area contributed by atoms with E-state index in [1.807, 2.05) is 12.1 Å². The van der Waals surface area contributed by atoms with E-state index in [9.17, 15) is 4.79 Å². The lowest BCUT2D eigenvalue weighted by Crippen LogP contribution is -2.33. The number of benzene rings is 1. The van der Waals surface area contributed by atoms with Gasteiger partial charge in [0.25, 0.3) is 0 Å². The molecule has 0 unspecified atom stereocenters. The number of nitrogens with zero attached hydrogens (tertiary/aromatic N) is 1. The molecule has 1 saturated heterocycles. The van der Waals surface area contributed by atoms with Crippen LogP contribution in [0.1, 0.15) is 12.8 Å². The van der Waals surface area contributed by atoms with E-state index >= 15 is 0 Å². The molecular weight excluding hydrogens is 238 g/mol. The zero-order valence-electron chi connectivity index (χ0n) is 9.96. The van der Waals surface area contributed by atoms with Gasteiger partial charge in [0.2, 0.25) is 0 Å². The van der Waals surface area contributed by atoms with E-state index in [0.29, 0.717) is 0 Å². The van der Waals surface area contributed by atoms with Crippen LogP contribution >= 0.6 is 12.4 Å². The maximum atomic E-state index is 10.7. The largest absolute Gasteiger partial charge is 0.497 e. The molecule has 0 radical (unpaired) electrons. The third-order valence-corrected chi connectivity index (χ3v) is 3.17. The molecule has 0 aliphatic carbocycles. The monoisotopic (exact) mass is 255 g/mol. The van der Waals surface area contributed by atoms with Crippen molar-refractivity contribution in [2.75, 3.05) is 25.1 Å². The lowest BCUT2D eigenvalue weighted by molar-refractivity contribution is -0.111. The Morgan fingerprint density at radius 2 is 1.82 bits per heavy atom. The maximum absolute atomic E-state index is 10.7. The van der Waals surface area contributed by atoms with Gasteiger partial charge in [-0.25, -0.2) is 0 Å². The predicted molar refractivity (Wildman–Crippen MR) is 71.2 cm³/mol. The van der Waals surface area contributed by atoms with Crippen molar-refractivity contribution < 1.29 is 9.53 Å². The molecule has 1 aromatic rings. The normalized spacial score (nSPS) is 16.2. The number of methoxy groups -OCH3 is 1. The van der Waals surface area contributed by atoms with Crippen LogP contribution in [-0.2, 0) is 4.79 Å². The van der Waals surface area contributed by atoms with Gasteiger partial charge in [0.15, 0.2) is 0 Å². The predicted octanol–water partition coefficient (Wildman–Crippen LogP) is 2.53. The van der Waals surface area contributed by atoms with E-state index in [-0.39, 0.29) is 18.3 Å². The highest BCUT2D eigenvalue weighted by Gasteiger charge is 2.18. The SMILES string of the molecule is COc1ccc(N2CCC(C=O)CC2)cc1.Cl. The molecule has 0 aromatic heterocycles. The van der Waals surface area contributed by atoms with E-state index in [1.165, 1.54) is 5.69 Å². The minimum absolute atomic E-state index is 0. The second-order valence-electron chi connectivity index (χ2n) is 4.16. The van der Waals surface area contributed by atoms with Gasteiger partial charge in [-0.3, -0.25) is 0 Å². The fourth-order valence-corrected chi connectivity index (χ4v) is 2.09. The highest BCUT2D eigenvalue weighted by molar-refractivity contribution is 5.85. The molecule has 4 heteroatoms. The number of ether oxygens (including phenoxy) is 1. The second-order valence-corrected chi connectivity index (χ2v) is 4.16. The first-order valence-corrected chi connectivity index (χ1v) is 5.68. The van der Waals surface area contributed by atoms with Crippen LogP contribution in [0.4, 0.5) is 5.69 Å². The van der Waals surface area contributed by atoms with Crippen molar-refractivity contribution >= 4 is 24.4 Å². The van der Waals surface area contributed by atoms with Crippen LogP contribution in [0.5, 0.6) is 5.75 Å². The third kappa shape index (κ3) is 3.37. The van der Waals surface area contributed by atoms with Gasteiger partial charge in [0.05, 0.1) is 7.11 Å². The fraction of sp³-hybridized carbons (Fsp3) is 0.462. The Hall–Kier alpha value is -1.22. The number of aldehydes is 1. The van der Waals surface area contributed by atoms with Crippen molar-refractivity contribution in [1.82, 2.24) is 0 Å². The minimum Gasteiger partial charge on any atom is -0.497 e. The summed E-state index contributed by atoms with van der Waals surface area (Å²) in [5, 5.41) is 0. The van der Waals surface area contributed by atoms with E-state index in [1.54, 1.807) is 7.11 Å². The number of carbonyl (C=O) groups is 1. The number of anilines is 1. The Bertz CT molecular complexity index is 345. The summed E-state index contributed by atoms with van der Waals surface area (Å²) in [4.78, 5) is 13.0. The van der Waals surface area contributed by atoms with Gasteiger partial charge in [-0.15, -0.1) is 12.4 Å². The first-order valence-electron chi connectivity index (χ1n) is 5.68. The van der Waals surface area contributed by atoms with Gasteiger partial charge < -0.3 is 14.4 Å². The zero-order chi connectivity index (χ0) is 11.4. The Labute approximate surface area is 108 Å². The summed E-state index contributed by atoms with van der Waals surface area (Å²) in [6.07, 6.45) is 3.02. The van der Waals surface area contributed by atoms with Gasteiger partial charge in [0.1, 0.15) is 12.0 Å². The molecule has 0 saturated carbocycles. The molecule has 0 amide bonds. The summed E-state index contributed by atoms with van der Waals surface area (Å²) in [6, 6.07) is 8.09. The Balaban J connectivity index is 0.00000144. The van der Waals surface area contributed by atoms with Crippen molar-refractivity contribution in [1.29, 1.82) is 0 Å². The first kappa shape index (κ1) is 13.8. The van der Waals surface area contributed by atoms with Crippen LogP contribution in [0.15, 0.2) is 24.3 Å². The highest BCUT2D eigenvalue weighted by atomic mass is 35.5. The van der Waals surface area contributed by atoms with Crippen molar-refractivity contribution in [2.24, 2.45) is 5.92 Å². The first-order chi connectivity index (χ1) is 7.83. The highest BCUT2D eigenvalue weighted by Crippen LogP contribution is 2.24. The van der Waals surface area contributed by atoms with Crippen molar-refractivity contribution in [3.8, 4) is 5.75 Å². The fourth-order valence-electron chi connectivity index (χ4n) is 2.09. The summed E-state index contributed by atoms with van der Waals surface area (Å²) in [5.41, 5.74) is 1.21. The van der Waals surface area contributed by atoms with Crippen LogP contribution in [-0.4, -0.2) is 26.5 Å². The average Bonchev–Trinajstić information content (AvgIpc) is 2.39. The standard InChI is InChI=1S/C13H17NO2.ClH/c1-16-13-4-2-12(3-5-13)14-8-6-11(10-15)7-9-14;/h2-5,10-11H,6-9H2,1H3;1H. The molecule has 1 fully saturated rings. The summed E-state index contributed by atoms with van der Waals surface area (Å²) in [5.74, 6) is 1.14. The number of piperidine rings is 1. The second kappa shape index (κ2) is 6.50. The molecule has 3 nitrogen and oxygen atoms in total. The van der Waals surface area contributed by atoms with Gasteiger partial charge in [-0.2, -0.15) is 0 Å². The topological polar surface area (TPSA) is 29.5 Å². The lowest BCUT2D eigenvalue weighted by Gasteiger charge is -2.31. The Morgan fingerprint density at radius 3 is 2.29 bits per heavy atom. The van der Waals surface area contributed by atoms with E-state index in [0.717, 1.165) is 38.0 Å². The van der Waals surface area contributed by atoms with E-state index < -0.39 is 0 Å². The van der Waals surface area contributed by atoms with E-state index in [2.05, 4.69) is 17.0 Å². The van der Waals surface area contributed by atoms with E-state index in [4.69, 9.17) is 4.74 Å². The number of hydrogen-bond acceptors (Lipinski definition) is 3. The molecule has 2 rings (SSSR count). The number of hydrogen-bond donors (Lipinski definition) is 0. The molecule has 0 spiro atoms. The van der Waals surface area contributed by atoms with Gasteiger partial charge in [0, 0.05) is 24.7 Å². The van der Waals surface area contributed by atoms with Gasteiger partial charge in [-0.05, 0) is 37.1 Å². The average molecular weight is 256 g/mol. The molecule has 0 bridgehead atoms. The van der Waals surface area contributed by atoms with Crippen molar-refractivity contribution in [3.63, 3.8) is 0 Å². The Morgan fingerprint density at radius 1 is 1.24 bits per heavy atom. The molecule has 0 atom stereocenters. The number of rotatable bonds is 3. The smallest absolute Gasteiger partial charge is 0.123 e. The minimum atomic E-state index is 0. The third-order valence-electron chi connectivity index (χ3n) is 3.17. The molecule has 17 heavy (non-hydrogen) atoms. The maximum Gasteiger partial charge on any atom is 0.123 e. The van der Waals surface area contributed by atoms with Gasteiger partial charge in [-0.1, -0.05) is 0 Å². The Kier molecular flexibility index (Phi) is 5.29. The molecule has 1 aliphatic rings. The quantitative estimate of drug-likeness (QED) is 0.778. The van der Waals surface area contributed by atoms with Crippen LogP contribution in [0.3, 0.4) is 0 Å². The zero-order valence-corrected chi connectivity index (χ0v) is 10.8. The molecule has 1 heterocycles. The number of carbonyl (C=O) groups excluding carboxylic acids is 1. The molecule has 1 aromatic carbocycles. The summed E-state index contributed by atoms with van der Waals surface area (Å²) < 4.78 is 5.13. The van der Waals surface area contributed by atoms with Crippen molar-refractivity contribution in [3.05, 3.63) is 24.3 Å².